The van der Waals surface area contributed by atoms with Gasteiger partial charge < -0.3 is 15.5 Å². The first-order chi connectivity index (χ1) is 12.7. The highest BCUT2D eigenvalue weighted by atomic mass is 127. The summed E-state index contributed by atoms with van der Waals surface area (Å²) in [5.41, 5.74) is 1.70. The Hall–Kier alpha value is -1.31. The highest BCUT2D eigenvalue weighted by molar-refractivity contribution is 14.0. The molecule has 0 bridgehead atoms. The van der Waals surface area contributed by atoms with E-state index >= 15 is 0 Å². The van der Waals surface area contributed by atoms with Crippen molar-refractivity contribution in [1.82, 2.24) is 15.5 Å². The second-order valence-corrected chi connectivity index (χ2v) is 7.71. The van der Waals surface area contributed by atoms with Crippen molar-refractivity contribution in [1.29, 1.82) is 0 Å². The molecular formula is C21H33IN4O. The molecule has 3 rings (SSSR count). The number of nitrogens with one attached hydrogen (secondary N) is 2. The molecule has 1 aliphatic heterocycles. The topological polar surface area (TPSA) is 56.7 Å². The summed E-state index contributed by atoms with van der Waals surface area (Å²) in [7, 11) is 3.58. The lowest BCUT2D eigenvalue weighted by molar-refractivity contribution is -0.121. The third-order valence-corrected chi connectivity index (χ3v) is 6.16. The molecule has 1 heterocycles. The van der Waals surface area contributed by atoms with E-state index in [4.69, 9.17) is 0 Å². The quantitative estimate of drug-likeness (QED) is 0.384. The molecule has 0 spiro atoms. The number of aliphatic imine (C=N–C) groups is 1. The van der Waals surface area contributed by atoms with E-state index in [1.54, 1.807) is 7.05 Å². The predicted octanol–water partition coefficient (Wildman–Crippen LogP) is 3.15. The van der Waals surface area contributed by atoms with E-state index in [1.807, 2.05) is 7.05 Å². The number of hydrogen-bond acceptors (Lipinski definition) is 2. The molecule has 1 saturated carbocycles. The van der Waals surface area contributed by atoms with Crippen LogP contribution in [-0.2, 0) is 10.2 Å². The second-order valence-electron chi connectivity index (χ2n) is 7.71. The molecule has 1 aromatic carbocycles. The summed E-state index contributed by atoms with van der Waals surface area (Å²) in [4.78, 5) is 18.4. The summed E-state index contributed by atoms with van der Waals surface area (Å²) in [6, 6.07) is 10.9. The molecule has 0 radical (unpaired) electrons. The number of carbonyl (C=O) groups is 1. The van der Waals surface area contributed by atoms with Crippen LogP contribution < -0.4 is 10.6 Å². The Morgan fingerprint density at radius 1 is 1.22 bits per heavy atom. The molecular weight excluding hydrogens is 451 g/mol. The standard InChI is InChI=1S/C21H32N4O.HI/c1-22-19(26)15-17-9-13-25(14-10-17)20(23-2)24-16-21(11-6-12-21)18-7-4-3-5-8-18;/h3-5,7-8,17H,6,9-16H2,1-2H3,(H,22,26)(H,23,24);1H. The maximum Gasteiger partial charge on any atom is 0.220 e. The number of amides is 1. The molecule has 5 nitrogen and oxygen atoms in total. The first-order valence-electron chi connectivity index (χ1n) is 9.88. The Morgan fingerprint density at radius 2 is 1.89 bits per heavy atom. The van der Waals surface area contributed by atoms with E-state index in [0.29, 0.717) is 12.3 Å². The molecule has 1 amide bonds. The molecule has 2 N–H and O–H groups in total. The van der Waals surface area contributed by atoms with Gasteiger partial charge in [-0.25, -0.2) is 0 Å². The van der Waals surface area contributed by atoms with Crippen LogP contribution in [0.2, 0.25) is 0 Å². The Bertz CT molecular complexity index is 622. The molecule has 0 aromatic heterocycles. The number of carbonyl (C=O) groups excluding carboxylic acids is 1. The molecule has 1 saturated heterocycles. The average Bonchev–Trinajstić information content (AvgIpc) is 2.65. The lowest BCUT2D eigenvalue weighted by atomic mass is 9.64. The monoisotopic (exact) mass is 484 g/mol. The fourth-order valence-corrected chi connectivity index (χ4v) is 4.26. The van der Waals surface area contributed by atoms with Gasteiger partial charge in [-0.2, -0.15) is 0 Å². The Kier molecular flexibility index (Phi) is 8.38. The fourth-order valence-electron chi connectivity index (χ4n) is 4.26. The van der Waals surface area contributed by atoms with Crippen molar-refractivity contribution in [2.24, 2.45) is 10.9 Å². The van der Waals surface area contributed by atoms with Crippen molar-refractivity contribution in [3.63, 3.8) is 0 Å². The van der Waals surface area contributed by atoms with Gasteiger partial charge in [0.2, 0.25) is 5.91 Å². The minimum absolute atomic E-state index is 0. The first-order valence-corrected chi connectivity index (χ1v) is 9.88. The molecule has 0 unspecified atom stereocenters. The van der Waals surface area contributed by atoms with Crippen molar-refractivity contribution in [2.75, 3.05) is 33.7 Å². The zero-order chi connectivity index (χ0) is 18.4. The SMILES string of the molecule is CN=C(NCC1(c2ccccc2)CCC1)N1CCC(CC(=O)NC)CC1.I. The van der Waals surface area contributed by atoms with E-state index in [1.165, 1.54) is 24.8 Å². The third kappa shape index (κ3) is 5.36. The van der Waals surface area contributed by atoms with Crippen LogP contribution in [0.3, 0.4) is 0 Å². The largest absolute Gasteiger partial charge is 0.359 e. The van der Waals surface area contributed by atoms with Crippen molar-refractivity contribution >= 4 is 35.8 Å². The lowest BCUT2D eigenvalue weighted by Crippen LogP contribution is -2.51. The second kappa shape index (κ2) is 10.3. The maximum atomic E-state index is 11.6. The van der Waals surface area contributed by atoms with Gasteiger partial charge in [0, 0.05) is 45.6 Å². The van der Waals surface area contributed by atoms with E-state index < -0.39 is 0 Å². The Balaban J connectivity index is 0.00000261. The van der Waals surface area contributed by atoms with Crippen molar-refractivity contribution < 1.29 is 4.79 Å². The third-order valence-electron chi connectivity index (χ3n) is 6.16. The van der Waals surface area contributed by atoms with E-state index in [2.05, 4.69) is 50.9 Å². The summed E-state index contributed by atoms with van der Waals surface area (Å²) in [6.07, 6.45) is 6.55. The van der Waals surface area contributed by atoms with Gasteiger partial charge in [-0.3, -0.25) is 9.79 Å². The van der Waals surface area contributed by atoms with Crippen LogP contribution in [0.5, 0.6) is 0 Å². The number of guanidine groups is 1. The van der Waals surface area contributed by atoms with Gasteiger partial charge in [-0.15, -0.1) is 24.0 Å². The average molecular weight is 484 g/mol. The van der Waals surface area contributed by atoms with Gasteiger partial charge in [0.25, 0.3) is 0 Å². The molecule has 6 heteroatoms. The van der Waals surface area contributed by atoms with Crippen LogP contribution in [0.4, 0.5) is 0 Å². The molecule has 1 aliphatic carbocycles. The predicted molar refractivity (Wildman–Crippen MR) is 122 cm³/mol. The highest BCUT2D eigenvalue weighted by Gasteiger charge is 2.38. The number of likely N-dealkylation sites (tertiary alicyclic amines) is 1. The number of benzene rings is 1. The number of rotatable bonds is 5. The summed E-state index contributed by atoms with van der Waals surface area (Å²) in [5.74, 6) is 1.65. The minimum atomic E-state index is 0. The smallest absolute Gasteiger partial charge is 0.220 e. The summed E-state index contributed by atoms with van der Waals surface area (Å²) in [6.45, 7) is 2.89. The normalized spacial score (nSPS) is 19.6. The van der Waals surface area contributed by atoms with Crippen molar-refractivity contribution in [2.45, 2.75) is 43.9 Å². The van der Waals surface area contributed by atoms with E-state index in [9.17, 15) is 4.79 Å². The lowest BCUT2D eigenvalue weighted by Gasteiger charge is -2.44. The van der Waals surface area contributed by atoms with Crippen molar-refractivity contribution in [3.8, 4) is 0 Å². The highest BCUT2D eigenvalue weighted by Crippen LogP contribution is 2.43. The van der Waals surface area contributed by atoms with Crippen LogP contribution in [0.25, 0.3) is 0 Å². The Morgan fingerprint density at radius 3 is 2.41 bits per heavy atom. The van der Waals surface area contributed by atoms with Gasteiger partial charge in [0.15, 0.2) is 5.96 Å². The molecule has 150 valence electrons. The number of hydrogen-bond donors (Lipinski definition) is 2. The fraction of sp³-hybridized carbons (Fsp3) is 0.619. The first kappa shape index (κ1) is 22.0. The Labute approximate surface area is 180 Å². The molecule has 1 aromatic rings. The maximum absolute atomic E-state index is 11.6. The zero-order valence-electron chi connectivity index (χ0n) is 16.5. The number of halogens is 1. The number of nitrogens with zero attached hydrogens (tertiary/aromatic N) is 2. The van der Waals surface area contributed by atoms with Gasteiger partial charge >= 0.3 is 0 Å². The van der Waals surface area contributed by atoms with E-state index in [0.717, 1.165) is 38.4 Å². The zero-order valence-corrected chi connectivity index (χ0v) is 18.9. The van der Waals surface area contributed by atoms with Crippen LogP contribution in [0.15, 0.2) is 35.3 Å². The summed E-state index contributed by atoms with van der Waals surface area (Å²) >= 11 is 0. The number of piperidine rings is 1. The van der Waals surface area contributed by atoms with Gasteiger partial charge in [-0.05, 0) is 37.2 Å². The molecule has 2 fully saturated rings. The summed E-state index contributed by atoms with van der Waals surface area (Å²) in [5, 5.41) is 6.38. The van der Waals surface area contributed by atoms with Crippen molar-refractivity contribution in [3.05, 3.63) is 35.9 Å². The van der Waals surface area contributed by atoms with Crippen LogP contribution in [0, 0.1) is 5.92 Å². The minimum Gasteiger partial charge on any atom is -0.359 e. The summed E-state index contributed by atoms with van der Waals surface area (Å²) < 4.78 is 0. The van der Waals surface area contributed by atoms with Gasteiger partial charge in [0.05, 0.1) is 0 Å². The molecule has 2 aliphatic rings. The molecule has 0 atom stereocenters. The van der Waals surface area contributed by atoms with E-state index in [-0.39, 0.29) is 35.3 Å². The van der Waals surface area contributed by atoms with Gasteiger partial charge in [-0.1, -0.05) is 36.8 Å². The van der Waals surface area contributed by atoms with Crippen LogP contribution in [0.1, 0.15) is 44.1 Å². The van der Waals surface area contributed by atoms with Crippen LogP contribution in [-0.4, -0.2) is 50.5 Å². The van der Waals surface area contributed by atoms with Crippen LogP contribution >= 0.6 is 24.0 Å². The molecule has 27 heavy (non-hydrogen) atoms. The van der Waals surface area contributed by atoms with Gasteiger partial charge in [0.1, 0.15) is 0 Å².